The van der Waals surface area contributed by atoms with Gasteiger partial charge >= 0.3 is 18.6 Å². The van der Waals surface area contributed by atoms with Gasteiger partial charge in [0.1, 0.15) is 17.0 Å². The van der Waals surface area contributed by atoms with Crippen LogP contribution < -0.4 is 28.7 Å². The number of hydrogen-bond acceptors (Lipinski definition) is 14. The fourth-order valence-electron chi connectivity index (χ4n) is 6.87. The van der Waals surface area contributed by atoms with E-state index in [2.05, 4.69) is 9.97 Å². The van der Waals surface area contributed by atoms with Crippen molar-refractivity contribution in [1.82, 2.24) is 9.97 Å². The maximum absolute atomic E-state index is 14.6. The van der Waals surface area contributed by atoms with E-state index >= 15 is 0 Å². The second kappa shape index (κ2) is 20.4. The topological polar surface area (TPSA) is 135 Å². The van der Waals surface area contributed by atoms with Gasteiger partial charge in [0.15, 0.2) is 29.4 Å². The normalized spacial score (nSPS) is 11.7. The fourth-order valence-corrected chi connectivity index (χ4v) is 7.45. The van der Waals surface area contributed by atoms with Crippen LogP contribution in [0.2, 0.25) is 0 Å². The molecule has 344 valence electrons. The third-order valence-corrected chi connectivity index (χ3v) is 10.1. The molecule has 16 heteroatoms. The molecular formula is C49H54F2N4O9S. The van der Waals surface area contributed by atoms with Crippen LogP contribution in [-0.4, -0.2) is 59.5 Å². The summed E-state index contributed by atoms with van der Waals surface area (Å²) in [7, 11) is 1.34. The highest BCUT2D eigenvalue weighted by Gasteiger charge is 2.31. The first-order chi connectivity index (χ1) is 30.8. The highest BCUT2D eigenvalue weighted by Crippen LogP contribution is 2.48. The molecule has 6 rings (SSSR count). The Morgan fingerprint density at radius 1 is 0.754 bits per heavy atom. The molecule has 0 aliphatic rings. The number of alkyl halides is 2. The third-order valence-electron chi connectivity index (χ3n) is 9.32. The molecule has 0 atom stereocenters. The highest BCUT2D eigenvalue weighted by molar-refractivity contribution is 7.09. The number of nitrogens with zero attached hydrogens (tertiary/aromatic N) is 4. The monoisotopic (exact) mass is 912 g/mol. The first-order valence-corrected chi connectivity index (χ1v) is 21.8. The van der Waals surface area contributed by atoms with Crippen molar-refractivity contribution in [2.45, 2.75) is 99.3 Å². The van der Waals surface area contributed by atoms with Crippen molar-refractivity contribution < 1.29 is 51.2 Å². The molecule has 0 spiro atoms. The second-order valence-electron chi connectivity index (χ2n) is 17.0. The number of aromatic nitrogens is 2. The van der Waals surface area contributed by atoms with Crippen LogP contribution in [0.3, 0.4) is 0 Å². The Bertz CT molecular complexity index is 2550. The highest BCUT2D eigenvalue weighted by atomic mass is 32.1. The number of halogens is 2. The van der Waals surface area contributed by atoms with E-state index in [4.69, 9.17) is 32.8 Å². The summed E-state index contributed by atoms with van der Waals surface area (Å²) in [5.74, 6) is 0.0907. The van der Waals surface area contributed by atoms with Gasteiger partial charge in [-0.15, -0.1) is 11.3 Å². The Morgan fingerprint density at radius 3 is 2.00 bits per heavy atom. The van der Waals surface area contributed by atoms with Gasteiger partial charge < -0.3 is 42.6 Å². The van der Waals surface area contributed by atoms with Gasteiger partial charge in [-0.2, -0.15) is 8.78 Å². The number of esters is 2. The molecule has 0 bridgehead atoms. The minimum absolute atomic E-state index is 0.00647. The number of oxazole rings is 1. The summed E-state index contributed by atoms with van der Waals surface area (Å²) in [6, 6.07) is 20.5. The molecule has 0 saturated carbocycles. The lowest BCUT2D eigenvalue weighted by Gasteiger charge is -2.32. The maximum atomic E-state index is 14.6. The standard InChI is InChI=1S/C49H54F2N4O9S/c1-11-59-43-23-33(17-20-41(43)61-30(2)3)55(27-35-25-53-29-65-35)38-14-12-13-37(46(57)64-49(7,8)9)44(38)36-18-15-31(45(56)63-48(4,5)6)21-39(36)54(26-34-24-52-28-60-34)32-16-19-40(62-47(50)51)42(22-32)58-10/h12-25,28-30,47H,11,26-27H2,1-10H3. The van der Waals surface area contributed by atoms with Crippen molar-refractivity contribution in [3.05, 3.63) is 119 Å². The zero-order valence-corrected chi connectivity index (χ0v) is 39.0. The molecule has 0 fully saturated rings. The molecule has 0 aliphatic carbocycles. The van der Waals surface area contributed by atoms with Crippen LogP contribution in [0.1, 0.15) is 93.7 Å². The molecule has 2 aromatic heterocycles. The molecule has 2 heterocycles. The molecule has 0 aliphatic heterocycles. The predicted molar refractivity (Wildman–Crippen MR) is 246 cm³/mol. The van der Waals surface area contributed by atoms with E-state index in [0.717, 1.165) is 4.88 Å². The van der Waals surface area contributed by atoms with Crippen LogP contribution >= 0.6 is 11.3 Å². The molecular weight excluding hydrogens is 859 g/mol. The number of ether oxygens (including phenoxy) is 6. The van der Waals surface area contributed by atoms with Crippen LogP contribution in [-0.2, 0) is 22.6 Å². The molecule has 0 N–H and O–H groups in total. The van der Waals surface area contributed by atoms with E-state index in [-0.39, 0.29) is 35.3 Å². The first-order valence-electron chi connectivity index (χ1n) is 20.9. The van der Waals surface area contributed by atoms with Gasteiger partial charge in [0.05, 0.1) is 67.1 Å². The Hall–Kier alpha value is -6.68. The smallest absolute Gasteiger partial charge is 0.387 e. The summed E-state index contributed by atoms with van der Waals surface area (Å²) in [6.45, 7) is 14.0. The molecule has 0 saturated heterocycles. The largest absolute Gasteiger partial charge is 0.493 e. The Balaban J connectivity index is 1.71. The number of thiazole rings is 1. The minimum Gasteiger partial charge on any atom is -0.493 e. The average Bonchev–Trinajstić information content (AvgIpc) is 3.96. The SMILES string of the molecule is CCOc1cc(N(Cc2cncs2)c2cccc(C(=O)OC(C)(C)C)c2-c2ccc(C(=O)OC(C)(C)C)cc2N(Cc2cnco2)c2ccc(OC(F)F)c(OC)c2)ccc1OC(C)C. The average molecular weight is 913 g/mol. The molecule has 65 heavy (non-hydrogen) atoms. The first kappa shape index (κ1) is 47.8. The lowest BCUT2D eigenvalue weighted by molar-refractivity contribution is -0.0512. The zero-order chi connectivity index (χ0) is 47.1. The van der Waals surface area contributed by atoms with Crippen LogP contribution in [0.5, 0.6) is 23.0 Å². The molecule has 0 amide bonds. The van der Waals surface area contributed by atoms with Crippen LogP contribution in [0.4, 0.5) is 31.5 Å². The summed E-state index contributed by atoms with van der Waals surface area (Å²) in [6.07, 6.45) is 4.48. The third kappa shape index (κ3) is 12.3. The van der Waals surface area contributed by atoms with Crippen molar-refractivity contribution in [2.75, 3.05) is 23.5 Å². The quantitative estimate of drug-likeness (QED) is 0.0758. The lowest BCUT2D eigenvalue weighted by Crippen LogP contribution is -2.26. The summed E-state index contributed by atoms with van der Waals surface area (Å²) >= 11 is 1.47. The van der Waals surface area contributed by atoms with Gasteiger partial charge in [0.2, 0.25) is 0 Å². The van der Waals surface area contributed by atoms with Crippen molar-refractivity contribution in [3.63, 3.8) is 0 Å². The molecule has 0 unspecified atom stereocenters. The summed E-state index contributed by atoms with van der Waals surface area (Å²) < 4.78 is 67.5. The Labute approximate surface area is 381 Å². The fraction of sp³-hybridized carbons (Fsp3) is 0.347. The van der Waals surface area contributed by atoms with Gasteiger partial charge in [0, 0.05) is 45.7 Å². The Morgan fingerprint density at radius 2 is 1.42 bits per heavy atom. The van der Waals surface area contributed by atoms with E-state index in [9.17, 15) is 18.4 Å². The van der Waals surface area contributed by atoms with E-state index in [1.807, 2.05) is 49.9 Å². The second-order valence-corrected chi connectivity index (χ2v) is 18.0. The van der Waals surface area contributed by atoms with E-state index in [0.29, 0.717) is 64.3 Å². The van der Waals surface area contributed by atoms with Crippen molar-refractivity contribution in [2.24, 2.45) is 0 Å². The summed E-state index contributed by atoms with van der Waals surface area (Å²) in [5, 5.41) is 0. The van der Waals surface area contributed by atoms with Crippen molar-refractivity contribution in [1.29, 1.82) is 0 Å². The number of rotatable bonds is 18. The molecule has 4 aromatic carbocycles. The Kier molecular flexibility index (Phi) is 15.0. The van der Waals surface area contributed by atoms with E-state index in [1.165, 1.54) is 43.2 Å². The van der Waals surface area contributed by atoms with Crippen molar-refractivity contribution in [3.8, 4) is 34.1 Å². The van der Waals surface area contributed by atoms with Crippen LogP contribution in [0.15, 0.2) is 102 Å². The maximum Gasteiger partial charge on any atom is 0.387 e. The minimum atomic E-state index is -3.11. The molecule has 13 nitrogen and oxygen atoms in total. The van der Waals surface area contributed by atoms with Crippen LogP contribution in [0.25, 0.3) is 11.1 Å². The lowest BCUT2D eigenvalue weighted by atomic mass is 9.93. The number of hydrogen-bond donors (Lipinski definition) is 0. The van der Waals surface area contributed by atoms with Gasteiger partial charge in [-0.1, -0.05) is 12.1 Å². The van der Waals surface area contributed by atoms with Crippen molar-refractivity contribution >= 4 is 46.0 Å². The number of carbonyl (C=O) groups is 2. The zero-order valence-electron chi connectivity index (χ0n) is 38.1. The van der Waals surface area contributed by atoms with E-state index in [1.54, 1.807) is 94.5 Å². The number of carbonyl (C=O) groups excluding carboxylic acids is 2. The van der Waals surface area contributed by atoms with Crippen LogP contribution in [0, 0.1) is 0 Å². The number of benzene rings is 4. The predicted octanol–water partition coefficient (Wildman–Crippen LogP) is 12.2. The summed E-state index contributed by atoms with van der Waals surface area (Å²) in [4.78, 5) is 41.8. The van der Waals surface area contributed by atoms with Gasteiger partial charge in [-0.25, -0.2) is 14.6 Å². The van der Waals surface area contributed by atoms with Gasteiger partial charge in [0.25, 0.3) is 0 Å². The molecule has 0 radical (unpaired) electrons. The van der Waals surface area contributed by atoms with Gasteiger partial charge in [-0.3, -0.25) is 4.98 Å². The number of methoxy groups -OCH3 is 1. The molecule has 6 aromatic rings. The van der Waals surface area contributed by atoms with Gasteiger partial charge in [-0.05, 0) is 111 Å². The number of anilines is 4. The summed E-state index contributed by atoms with van der Waals surface area (Å²) in [5.41, 5.74) is 3.41. The van der Waals surface area contributed by atoms with E-state index < -0.39 is 29.8 Å².